The molecular formula is C12H15F2N. The molecule has 82 valence electrons. The second-order valence-corrected chi connectivity index (χ2v) is 4.42. The Bertz CT molecular complexity index is 320. The van der Waals surface area contributed by atoms with Crippen LogP contribution in [0.3, 0.4) is 0 Å². The van der Waals surface area contributed by atoms with Crippen molar-refractivity contribution in [3.63, 3.8) is 0 Å². The molecule has 0 heterocycles. The van der Waals surface area contributed by atoms with Crippen molar-refractivity contribution in [2.24, 2.45) is 5.73 Å². The van der Waals surface area contributed by atoms with Gasteiger partial charge in [-0.2, -0.15) is 0 Å². The maximum Gasteiger partial charge on any atom is 0.245 e. The Kier molecular flexibility index (Phi) is 2.74. The van der Waals surface area contributed by atoms with Gasteiger partial charge in [0.1, 0.15) is 0 Å². The lowest BCUT2D eigenvalue weighted by atomic mass is 9.91. The third-order valence-corrected chi connectivity index (χ3v) is 3.05. The molecule has 15 heavy (non-hydrogen) atoms. The number of rotatable bonds is 4. The lowest BCUT2D eigenvalue weighted by Crippen LogP contribution is -2.27. The van der Waals surface area contributed by atoms with Crippen molar-refractivity contribution >= 4 is 0 Å². The van der Waals surface area contributed by atoms with Crippen molar-refractivity contribution in [1.29, 1.82) is 0 Å². The van der Waals surface area contributed by atoms with Gasteiger partial charge in [-0.1, -0.05) is 30.3 Å². The van der Waals surface area contributed by atoms with Crippen LogP contribution < -0.4 is 5.73 Å². The molecule has 0 amide bonds. The molecule has 0 aromatic heterocycles. The summed E-state index contributed by atoms with van der Waals surface area (Å²) in [4.78, 5) is 0. The molecule has 1 atom stereocenters. The zero-order chi connectivity index (χ0) is 10.9. The van der Waals surface area contributed by atoms with Crippen LogP contribution in [0.2, 0.25) is 0 Å². The second-order valence-electron chi connectivity index (χ2n) is 4.42. The Morgan fingerprint density at radius 2 is 1.80 bits per heavy atom. The van der Waals surface area contributed by atoms with E-state index in [4.69, 9.17) is 5.73 Å². The molecule has 0 bridgehead atoms. The quantitative estimate of drug-likeness (QED) is 0.814. The minimum absolute atomic E-state index is 0.322. The van der Waals surface area contributed by atoms with Crippen molar-refractivity contribution in [2.45, 2.75) is 37.1 Å². The van der Waals surface area contributed by atoms with Gasteiger partial charge >= 0.3 is 0 Å². The third kappa shape index (κ3) is 2.53. The summed E-state index contributed by atoms with van der Waals surface area (Å²) in [6.45, 7) is 0. The Labute approximate surface area is 88.3 Å². The van der Waals surface area contributed by atoms with Crippen molar-refractivity contribution in [3.8, 4) is 0 Å². The third-order valence-electron chi connectivity index (χ3n) is 3.05. The molecule has 1 aromatic carbocycles. The molecule has 3 heteroatoms. The van der Waals surface area contributed by atoms with Crippen LogP contribution in [0.1, 0.15) is 30.7 Å². The van der Waals surface area contributed by atoms with Crippen LogP contribution in [0.5, 0.6) is 0 Å². The highest BCUT2D eigenvalue weighted by Gasteiger charge is 2.42. The molecule has 0 saturated heterocycles. The zero-order valence-corrected chi connectivity index (χ0v) is 8.50. The molecule has 1 nitrogen and oxygen atoms in total. The summed E-state index contributed by atoms with van der Waals surface area (Å²) in [6, 6.07) is 8.92. The van der Waals surface area contributed by atoms with E-state index >= 15 is 0 Å². The molecule has 1 unspecified atom stereocenters. The maximum atomic E-state index is 12.9. The molecule has 2 rings (SSSR count). The van der Waals surface area contributed by atoms with E-state index in [0.29, 0.717) is 12.0 Å². The monoisotopic (exact) mass is 211 g/mol. The van der Waals surface area contributed by atoms with Gasteiger partial charge in [0.2, 0.25) is 6.43 Å². The summed E-state index contributed by atoms with van der Waals surface area (Å²) in [5.74, 6) is -0.710. The van der Waals surface area contributed by atoms with Crippen LogP contribution in [-0.2, 0) is 0 Å². The summed E-state index contributed by atoms with van der Waals surface area (Å²) >= 11 is 0. The van der Waals surface area contributed by atoms with Crippen LogP contribution in [0.15, 0.2) is 30.3 Å². The standard InChI is InChI=1S/C12H15F2N/c13-11(14)10(8-12(15)6-7-12)9-4-2-1-3-5-9/h1-5,10-11H,6-8,15H2. The van der Waals surface area contributed by atoms with Crippen LogP contribution in [-0.4, -0.2) is 12.0 Å². The lowest BCUT2D eigenvalue weighted by molar-refractivity contribution is 0.105. The van der Waals surface area contributed by atoms with Gasteiger partial charge in [-0.15, -0.1) is 0 Å². The van der Waals surface area contributed by atoms with Gasteiger partial charge in [0.05, 0.1) is 0 Å². The fourth-order valence-corrected chi connectivity index (χ4v) is 1.86. The van der Waals surface area contributed by atoms with Gasteiger partial charge in [-0.25, -0.2) is 8.78 Å². The van der Waals surface area contributed by atoms with Gasteiger partial charge in [0.15, 0.2) is 0 Å². The van der Waals surface area contributed by atoms with E-state index in [1.807, 2.05) is 6.07 Å². The van der Waals surface area contributed by atoms with Crippen LogP contribution in [0.25, 0.3) is 0 Å². The van der Waals surface area contributed by atoms with E-state index in [9.17, 15) is 8.78 Å². The minimum Gasteiger partial charge on any atom is -0.325 e. The number of nitrogens with two attached hydrogens (primary N) is 1. The number of halogens is 2. The molecule has 1 aliphatic carbocycles. The number of hydrogen-bond acceptors (Lipinski definition) is 1. The minimum atomic E-state index is -2.33. The first kappa shape index (κ1) is 10.6. The van der Waals surface area contributed by atoms with Crippen molar-refractivity contribution < 1.29 is 8.78 Å². The lowest BCUT2D eigenvalue weighted by Gasteiger charge is -2.20. The van der Waals surface area contributed by atoms with Crippen molar-refractivity contribution in [2.75, 3.05) is 0 Å². The van der Waals surface area contributed by atoms with Gasteiger partial charge in [0.25, 0.3) is 0 Å². The predicted octanol–water partition coefficient (Wildman–Crippen LogP) is 2.92. The van der Waals surface area contributed by atoms with Crippen molar-refractivity contribution in [1.82, 2.24) is 0 Å². The fraction of sp³-hybridized carbons (Fsp3) is 0.500. The Morgan fingerprint density at radius 1 is 1.20 bits per heavy atom. The molecule has 1 aromatic rings. The molecule has 0 aliphatic heterocycles. The Morgan fingerprint density at radius 3 is 2.27 bits per heavy atom. The van der Waals surface area contributed by atoms with Gasteiger partial charge < -0.3 is 5.73 Å². The van der Waals surface area contributed by atoms with Gasteiger partial charge in [-0.05, 0) is 24.8 Å². The van der Waals surface area contributed by atoms with Crippen LogP contribution in [0.4, 0.5) is 8.78 Å². The van der Waals surface area contributed by atoms with Crippen LogP contribution >= 0.6 is 0 Å². The van der Waals surface area contributed by atoms with Crippen LogP contribution in [0, 0.1) is 0 Å². The number of hydrogen-bond donors (Lipinski definition) is 1. The van der Waals surface area contributed by atoms with Crippen molar-refractivity contribution in [3.05, 3.63) is 35.9 Å². The summed E-state index contributed by atoms with van der Waals surface area (Å²) in [5, 5.41) is 0. The molecular weight excluding hydrogens is 196 g/mol. The molecule has 2 N–H and O–H groups in total. The SMILES string of the molecule is NC1(CC(c2ccccc2)C(F)F)CC1. The second kappa shape index (κ2) is 3.89. The van der Waals surface area contributed by atoms with E-state index in [-0.39, 0.29) is 5.54 Å². The van der Waals surface area contributed by atoms with E-state index in [2.05, 4.69) is 0 Å². The zero-order valence-electron chi connectivity index (χ0n) is 8.50. The Balaban J connectivity index is 2.13. The highest BCUT2D eigenvalue weighted by Crippen LogP contribution is 2.42. The summed E-state index contributed by atoms with van der Waals surface area (Å²) in [5.41, 5.74) is 6.27. The average molecular weight is 211 g/mol. The van der Waals surface area contributed by atoms with E-state index < -0.39 is 12.3 Å². The fourth-order valence-electron chi connectivity index (χ4n) is 1.86. The topological polar surface area (TPSA) is 26.0 Å². The largest absolute Gasteiger partial charge is 0.325 e. The first-order chi connectivity index (χ1) is 7.11. The number of alkyl halides is 2. The van der Waals surface area contributed by atoms with E-state index in [1.54, 1.807) is 24.3 Å². The predicted molar refractivity (Wildman–Crippen MR) is 56.0 cm³/mol. The summed E-state index contributed by atoms with van der Waals surface area (Å²) in [6.07, 6.45) is -0.172. The smallest absolute Gasteiger partial charge is 0.245 e. The average Bonchev–Trinajstić information content (AvgIpc) is 2.95. The highest BCUT2D eigenvalue weighted by atomic mass is 19.3. The first-order valence-corrected chi connectivity index (χ1v) is 5.23. The summed E-state index contributed by atoms with van der Waals surface area (Å²) < 4.78 is 25.8. The molecule has 0 spiro atoms. The molecule has 1 saturated carbocycles. The maximum absolute atomic E-state index is 12.9. The normalized spacial score (nSPS) is 20.3. The Hall–Kier alpha value is -0.960. The number of benzene rings is 1. The van der Waals surface area contributed by atoms with Gasteiger partial charge in [0, 0.05) is 11.5 Å². The van der Waals surface area contributed by atoms with Gasteiger partial charge in [-0.3, -0.25) is 0 Å². The molecule has 1 fully saturated rings. The molecule has 0 radical (unpaired) electrons. The highest BCUT2D eigenvalue weighted by molar-refractivity contribution is 5.22. The molecule has 1 aliphatic rings. The first-order valence-electron chi connectivity index (χ1n) is 5.23. The van der Waals surface area contributed by atoms with E-state index in [0.717, 1.165) is 12.8 Å². The van der Waals surface area contributed by atoms with E-state index in [1.165, 1.54) is 0 Å². The summed E-state index contributed by atoms with van der Waals surface area (Å²) in [7, 11) is 0.